The third kappa shape index (κ3) is 4.69. The molecule has 3 amide bonds. The van der Waals surface area contributed by atoms with E-state index in [0.717, 1.165) is 0 Å². The molecule has 0 spiro atoms. The first-order chi connectivity index (χ1) is 15.0. The third-order valence-corrected chi connectivity index (χ3v) is 6.64. The summed E-state index contributed by atoms with van der Waals surface area (Å²) in [7, 11) is 0. The van der Waals surface area contributed by atoms with Gasteiger partial charge in [0.05, 0.1) is 12.5 Å². The zero-order chi connectivity index (χ0) is 21.8. The van der Waals surface area contributed by atoms with Gasteiger partial charge in [-0.05, 0) is 43.5 Å². The minimum Gasteiger partial charge on any atom is -0.369 e. The predicted octanol–water partition coefficient (Wildman–Crippen LogP) is 2.53. The maximum atomic E-state index is 13.1. The van der Waals surface area contributed by atoms with Crippen molar-refractivity contribution in [1.82, 2.24) is 9.80 Å². The zero-order valence-electron chi connectivity index (χ0n) is 17.7. The molecule has 162 valence electrons. The molecule has 2 aromatic carbocycles. The monoisotopic (exact) mass is 419 g/mol. The number of likely N-dealkylation sites (tertiary alicyclic amines) is 2. The number of nitrogens with two attached hydrogens (primary N) is 1. The van der Waals surface area contributed by atoms with Crippen molar-refractivity contribution in [2.45, 2.75) is 37.6 Å². The van der Waals surface area contributed by atoms with Crippen LogP contribution in [-0.2, 0) is 14.4 Å². The van der Waals surface area contributed by atoms with Gasteiger partial charge in [-0.15, -0.1) is 0 Å². The molecule has 2 N–H and O–H groups in total. The van der Waals surface area contributed by atoms with Gasteiger partial charge < -0.3 is 5.73 Å². The van der Waals surface area contributed by atoms with Gasteiger partial charge in [0.15, 0.2) is 0 Å². The Hall–Kier alpha value is -2.99. The summed E-state index contributed by atoms with van der Waals surface area (Å²) < 4.78 is 0. The van der Waals surface area contributed by atoms with E-state index >= 15 is 0 Å². The van der Waals surface area contributed by atoms with Gasteiger partial charge in [-0.1, -0.05) is 60.7 Å². The van der Waals surface area contributed by atoms with Crippen molar-refractivity contribution in [3.63, 3.8) is 0 Å². The lowest BCUT2D eigenvalue weighted by atomic mass is 9.88. The van der Waals surface area contributed by atoms with Gasteiger partial charge in [-0.25, -0.2) is 0 Å². The van der Waals surface area contributed by atoms with Crippen LogP contribution in [0, 0.1) is 5.92 Å². The molecule has 0 aromatic heterocycles. The predicted molar refractivity (Wildman–Crippen MR) is 118 cm³/mol. The summed E-state index contributed by atoms with van der Waals surface area (Å²) in [5.74, 6) is -0.498. The fourth-order valence-corrected chi connectivity index (χ4v) is 4.84. The van der Waals surface area contributed by atoms with E-state index < -0.39 is 6.04 Å². The Morgan fingerprint density at radius 3 is 2.00 bits per heavy atom. The van der Waals surface area contributed by atoms with Crippen LogP contribution in [0.4, 0.5) is 0 Å². The van der Waals surface area contributed by atoms with Crippen LogP contribution >= 0.6 is 0 Å². The molecule has 2 saturated heterocycles. The van der Waals surface area contributed by atoms with Crippen molar-refractivity contribution < 1.29 is 14.4 Å². The Balaban J connectivity index is 1.43. The number of nitrogens with zero attached hydrogens (tertiary/aromatic N) is 2. The zero-order valence-corrected chi connectivity index (χ0v) is 17.7. The number of amides is 3. The smallest absolute Gasteiger partial charge is 0.247 e. The van der Waals surface area contributed by atoms with Gasteiger partial charge in [0, 0.05) is 18.4 Å². The lowest BCUT2D eigenvalue weighted by Crippen LogP contribution is -2.47. The lowest BCUT2D eigenvalue weighted by molar-refractivity contribution is -0.140. The number of hydrogen-bond donors (Lipinski definition) is 1. The Morgan fingerprint density at radius 1 is 0.935 bits per heavy atom. The van der Waals surface area contributed by atoms with Crippen molar-refractivity contribution >= 4 is 17.7 Å². The lowest BCUT2D eigenvalue weighted by Gasteiger charge is -2.33. The molecule has 2 aliphatic heterocycles. The van der Waals surface area contributed by atoms with E-state index in [-0.39, 0.29) is 36.0 Å². The van der Waals surface area contributed by atoms with E-state index in [4.69, 9.17) is 5.73 Å². The molecule has 6 nitrogen and oxygen atoms in total. The summed E-state index contributed by atoms with van der Waals surface area (Å²) in [6.07, 6.45) is 2.21. The Bertz CT molecular complexity index is 884. The third-order valence-electron chi connectivity index (χ3n) is 6.64. The van der Waals surface area contributed by atoms with Gasteiger partial charge in [-0.3, -0.25) is 24.2 Å². The van der Waals surface area contributed by atoms with Crippen LogP contribution < -0.4 is 5.73 Å². The summed E-state index contributed by atoms with van der Waals surface area (Å²) in [6, 6.07) is 20.0. The number of carbonyl (C=O) groups is 3. The van der Waals surface area contributed by atoms with Crippen molar-refractivity contribution in [2.24, 2.45) is 11.7 Å². The van der Waals surface area contributed by atoms with Crippen LogP contribution in [0.25, 0.3) is 0 Å². The van der Waals surface area contributed by atoms with Crippen LogP contribution in [0.15, 0.2) is 60.7 Å². The highest BCUT2D eigenvalue weighted by Gasteiger charge is 2.43. The number of carbonyl (C=O) groups excluding carboxylic acids is 3. The summed E-state index contributed by atoms with van der Waals surface area (Å²) >= 11 is 0. The number of piperidine rings is 1. The second-order valence-electron chi connectivity index (χ2n) is 8.48. The van der Waals surface area contributed by atoms with Gasteiger partial charge in [0.25, 0.3) is 0 Å². The van der Waals surface area contributed by atoms with Crippen LogP contribution in [0.3, 0.4) is 0 Å². The topological polar surface area (TPSA) is 83.7 Å². The molecule has 1 atom stereocenters. The highest BCUT2D eigenvalue weighted by molar-refractivity contribution is 6.05. The van der Waals surface area contributed by atoms with E-state index in [2.05, 4.69) is 24.3 Å². The standard InChI is InChI=1S/C25H29N3O3/c26-24(30)20-11-14-27(15-12-20)22-17-23(29)28(25(22)31)16-13-21(18-7-3-1-4-8-18)19-9-5-2-6-10-19/h1-10,20-22H,11-17H2,(H2,26,30). The number of rotatable bonds is 7. The van der Waals surface area contributed by atoms with Gasteiger partial charge >= 0.3 is 0 Å². The van der Waals surface area contributed by atoms with Gasteiger partial charge in [0.2, 0.25) is 17.7 Å². The highest BCUT2D eigenvalue weighted by Crippen LogP contribution is 2.30. The molecular weight excluding hydrogens is 390 g/mol. The highest BCUT2D eigenvalue weighted by atomic mass is 16.2. The summed E-state index contributed by atoms with van der Waals surface area (Å²) in [5.41, 5.74) is 7.77. The minimum absolute atomic E-state index is 0.105. The normalized spacial score (nSPS) is 20.5. The molecule has 2 aliphatic rings. The molecule has 2 fully saturated rings. The average molecular weight is 420 g/mol. The number of hydrogen-bond acceptors (Lipinski definition) is 4. The molecule has 1 unspecified atom stereocenters. The average Bonchev–Trinajstić information content (AvgIpc) is 3.09. The molecule has 2 aromatic rings. The fraction of sp³-hybridized carbons (Fsp3) is 0.400. The molecule has 2 heterocycles. The summed E-state index contributed by atoms with van der Waals surface area (Å²) in [6.45, 7) is 1.66. The van der Waals surface area contributed by atoms with Gasteiger partial charge in [0.1, 0.15) is 0 Å². The molecule has 6 heteroatoms. The first-order valence-electron chi connectivity index (χ1n) is 11.0. The summed E-state index contributed by atoms with van der Waals surface area (Å²) in [4.78, 5) is 40.7. The molecule has 31 heavy (non-hydrogen) atoms. The van der Waals surface area contributed by atoms with E-state index in [9.17, 15) is 14.4 Å². The molecule has 4 rings (SSSR count). The largest absolute Gasteiger partial charge is 0.369 e. The Kier molecular flexibility index (Phi) is 6.47. The van der Waals surface area contributed by atoms with Crippen LogP contribution in [0.5, 0.6) is 0 Å². The van der Waals surface area contributed by atoms with E-state index in [1.807, 2.05) is 41.3 Å². The second-order valence-corrected chi connectivity index (χ2v) is 8.48. The van der Waals surface area contributed by atoms with Crippen molar-refractivity contribution in [3.05, 3.63) is 71.8 Å². The quantitative estimate of drug-likeness (QED) is 0.699. The van der Waals surface area contributed by atoms with Crippen molar-refractivity contribution in [2.75, 3.05) is 19.6 Å². The maximum Gasteiger partial charge on any atom is 0.247 e. The molecular formula is C25H29N3O3. The minimum atomic E-state index is -0.409. The molecule has 0 aliphatic carbocycles. The van der Waals surface area contributed by atoms with E-state index in [1.54, 1.807) is 0 Å². The molecule has 0 saturated carbocycles. The van der Waals surface area contributed by atoms with E-state index in [0.29, 0.717) is 38.9 Å². The number of benzene rings is 2. The Labute approximate surface area is 183 Å². The van der Waals surface area contributed by atoms with Crippen LogP contribution in [0.2, 0.25) is 0 Å². The molecule has 0 radical (unpaired) electrons. The van der Waals surface area contributed by atoms with Crippen molar-refractivity contribution in [1.29, 1.82) is 0 Å². The van der Waals surface area contributed by atoms with E-state index in [1.165, 1.54) is 16.0 Å². The number of imide groups is 1. The van der Waals surface area contributed by atoms with Crippen LogP contribution in [-0.4, -0.2) is 53.2 Å². The second kappa shape index (κ2) is 9.43. The molecule has 0 bridgehead atoms. The summed E-state index contributed by atoms with van der Waals surface area (Å²) in [5, 5.41) is 0. The number of primary amides is 1. The fourth-order valence-electron chi connectivity index (χ4n) is 4.84. The SMILES string of the molecule is NC(=O)C1CCN(C2CC(=O)N(CCC(c3ccccc3)c3ccccc3)C2=O)CC1. The Morgan fingerprint density at radius 2 is 1.48 bits per heavy atom. The van der Waals surface area contributed by atoms with Gasteiger partial charge in [-0.2, -0.15) is 0 Å². The van der Waals surface area contributed by atoms with Crippen molar-refractivity contribution in [3.8, 4) is 0 Å². The first-order valence-corrected chi connectivity index (χ1v) is 11.0. The first kappa shape index (κ1) is 21.2. The van der Waals surface area contributed by atoms with Crippen LogP contribution in [0.1, 0.15) is 42.7 Å². The maximum absolute atomic E-state index is 13.1.